The number of ether oxygens (including phenoxy) is 1. The zero-order valence-electron chi connectivity index (χ0n) is 11.6. The summed E-state index contributed by atoms with van der Waals surface area (Å²) in [5, 5.41) is 8.80. The van der Waals surface area contributed by atoms with Crippen molar-refractivity contribution in [2.24, 2.45) is 0 Å². The van der Waals surface area contributed by atoms with Crippen LogP contribution in [0, 0.1) is 13.8 Å². The van der Waals surface area contributed by atoms with Gasteiger partial charge in [0.1, 0.15) is 5.01 Å². The second-order valence-corrected chi connectivity index (χ2v) is 5.69. The van der Waals surface area contributed by atoms with Crippen molar-refractivity contribution in [2.75, 3.05) is 20.3 Å². The molecule has 0 aliphatic heterocycles. The zero-order valence-corrected chi connectivity index (χ0v) is 12.5. The van der Waals surface area contributed by atoms with Crippen LogP contribution < -0.4 is 5.32 Å². The average Bonchev–Trinajstić information content (AvgIpc) is 2.94. The van der Waals surface area contributed by atoms with Gasteiger partial charge in [0.05, 0.1) is 24.5 Å². The molecule has 104 valence electrons. The summed E-state index contributed by atoms with van der Waals surface area (Å²) in [5.74, 6) is 0. The Morgan fingerprint density at radius 1 is 1.42 bits per heavy atom. The SMILES string of the molecule is COCCNCc1ccnn1Cc1nc(C)c(C)s1. The van der Waals surface area contributed by atoms with E-state index in [9.17, 15) is 0 Å². The Labute approximate surface area is 117 Å². The molecule has 19 heavy (non-hydrogen) atoms. The maximum Gasteiger partial charge on any atom is 0.115 e. The smallest absolute Gasteiger partial charge is 0.115 e. The topological polar surface area (TPSA) is 52.0 Å². The van der Waals surface area contributed by atoms with E-state index in [0.717, 1.165) is 36.9 Å². The highest BCUT2D eigenvalue weighted by atomic mass is 32.1. The van der Waals surface area contributed by atoms with Gasteiger partial charge in [0, 0.05) is 31.3 Å². The Hall–Kier alpha value is -1.24. The fraction of sp³-hybridized carbons (Fsp3) is 0.538. The molecule has 0 fully saturated rings. The first-order valence-electron chi connectivity index (χ1n) is 6.34. The number of hydrogen-bond acceptors (Lipinski definition) is 5. The minimum Gasteiger partial charge on any atom is -0.383 e. The van der Waals surface area contributed by atoms with Crippen LogP contribution in [-0.4, -0.2) is 35.0 Å². The van der Waals surface area contributed by atoms with Gasteiger partial charge in [-0.1, -0.05) is 0 Å². The second kappa shape index (κ2) is 6.79. The first-order valence-corrected chi connectivity index (χ1v) is 7.15. The van der Waals surface area contributed by atoms with Crippen LogP contribution in [0.15, 0.2) is 12.3 Å². The summed E-state index contributed by atoms with van der Waals surface area (Å²) in [4.78, 5) is 5.83. The fourth-order valence-corrected chi connectivity index (χ4v) is 2.69. The number of rotatable bonds is 7. The fourth-order valence-electron chi connectivity index (χ4n) is 1.78. The molecule has 0 saturated carbocycles. The Bertz CT molecular complexity index is 501. The number of nitrogens with zero attached hydrogens (tertiary/aromatic N) is 3. The van der Waals surface area contributed by atoms with Gasteiger partial charge < -0.3 is 10.1 Å². The highest BCUT2D eigenvalue weighted by Crippen LogP contribution is 2.17. The summed E-state index contributed by atoms with van der Waals surface area (Å²) in [6.45, 7) is 7.26. The van der Waals surface area contributed by atoms with E-state index in [2.05, 4.69) is 22.3 Å². The molecule has 2 heterocycles. The van der Waals surface area contributed by atoms with Gasteiger partial charge >= 0.3 is 0 Å². The van der Waals surface area contributed by atoms with Crippen LogP contribution >= 0.6 is 11.3 Å². The quantitative estimate of drug-likeness (QED) is 0.785. The molecule has 2 rings (SSSR count). The standard InChI is InChI=1S/C13H20N4OS/c1-10-11(2)19-13(16-10)9-17-12(4-5-15-17)8-14-6-7-18-3/h4-5,14H,6-9H2,1-3H3. The highest BCUT2D eigenvalue weighted by Gasteiger charge is 2.07. The molecule has 5 nitrogen and oxygen atoms in total. The molecule has 0 atom stereocenters. The van der Waals surface area contributed by atoms with Crippen LogP contribution in [0.3, 0.4) is 0 Å². The first-order chi connectivity index (χ1) is 9.20. The van der Waals surface area contributed by atoms with Gasteiger partial charge in [-0.2, -0.15) is 5.10 Å². The van der Waals surface area contributed by atoms with Crippen molar-refractivity contribution in [1.82, 2.24) is 20.1 Å². The lowest BCUT2D eigenvalue weighted by atomic mass is 10.4. The number of aromatic nitrogens is 3. The Morgan fingerprint density at radius 3 is 2.95 bits per heavy atom. The van der Waals surface area contributed by atoms with E-state index in [-0.39, 0.29) is 0 Å². The largest absolute Gasteiger partial charge is 0.383 e. The molecule has 0 bridgehead atoms. The molecule has 0 saturated heterocycles. The summed E-state index contributed by atoms with van der Waals surface area (Å²) in [6.07, 6.45) is 1.83. The lowest BCUT2D eigenvalue weighted by Crippen LogP contribution is -2.21. The summed E-state index contributed by atoms with van der Waals surface area (Å²) in [7, 11) is 1.71. The lowest BCUT2D eigenvalue weighted by molar-refractivity contribution is 0.199. The van der Waals surface area contributed by atoms with Crippen molar-refractivity contribution in [3.05, 3.63) is 33.5 Å². The van der Waals surface area contributed by atoms with Gasteiger partial charge in [-0.15, -0.1) is 11.3 Å². The van der Waals surface area contributed by atoms with E-state index in [4.69, 9.17) is 4.74 Å². The molecule has 0 aromatic carbocycles. The van der Waals surface area contributed by atoms with Crippen molar-refractivity contribution < 1.29 is 4.74 Å². The van der Waals surface area contributed by atoms with E-state index in [1.807, 2.05) is 23.9 Å². The molecule has 0 aliphatic rings. The van der Waals surface area contributed by atoms with Crippen LogP contribution in [0.1, 0.15) is 21.3 Å². The summed E-state index contributed by atoms with van der Waals surface area (Å²) in [5.41, 5.74) is 2.29. The van der Waals surface area contributed by atoms with Gasteiger partial charge in [-0.25, -0.2) is 4.98 Å². The molecule has 2 aromatic heterocycles. The molecule has 0 spiro atoms. The molecule has 2 aromatic rings. The summed E-state index contributed by atoms with van der Waals surface area (Å²) < 4.78 is 7.01. The van der Waals surface area contributed by atoms with Crippen LogP contribution in [0.5, 0.6) is 0 Å². The Balaban J connectivity index is 1.95. The predicted molar refractivity (Wildman–Crippen MR) is 76.5 cm³/mol. The maximum absolute atomic E-state index is 5.01. The molecular weight excluding hydrogens is 260 g/mol. The third kappa shape index (κ3) is 3.86. The van der Waals surface area contributed by atoms with Crippen LogP contribution in [0.4, 0.5) is 0 Å². The van der Waals surface area contributed by atoms with Gasteiger partial charge in [-0.3, -0.25) is 4.68 Å². The molecule has 0 aliphatic carbocycles. The molecule has 0 amide bonds. The predicted octanol–water partition coefficient (Wildman–Crippen LogP) is 1.74. The minimum absolute atomic E-state index is 0.721. The molecule has 1 N–H and O–H groups in total. The van der Waals surface area contributed by atoms with Crippen molar-refractivity contribution in [1.29, 1.82) is 0 Å². The van der Waals surface area contributed by atoms with Gasteiger partial charge in [0.15, 0.2) is 0 Å². The van der Waals surface area contributed by atoms with Crippen LogP contribution in [0.2, 0.25) is 0 Å². The van der Waals surface area contributed by atoms with Crippen LogP contribution in [-0.2, 0) is 17.8 Å². The van der Waals surface area contributed by atoms with Crippen molar-refractivity contribution in [2.45, 2.75) is 26.9 Å². The normalized spacial score (nSPS) is 11.1. The maximum atomic E-state index is 5.01. The van der Waals surface area contributed by atoms with Crippen molar-refractivity contribution >= 4 is 11.3 Å². The number of hydrogen-bond donors (Lipinski definition) is 1. The zero-order chi connectivity index (χ0) is 13.7. The highest BCUT2D eigenvalue weighted by molar-refractivity contribution is 7.11. The van der Waals surface area contributed by atoms with Crippen LogP contribution in [0.25, 0.3) is 0 Å². The van der Waals surface area contributed by atoms with Gasteiger partial charge in [-0.05, 0) is 19.9 Å². The molecule has 0 unspecified atom stereocenters. The van der Waals surface area contributed by atoms with E-state index in [0.29, 0.717) is 0 Å². The number of thiazole rings is 1. The van der Waals surface area contributed by atoms with Crippen molar-refractivity contribution in [3.8, 4) is 0 Å². The molecule has 0 radical (unpaired) electrons. The summed E-state index contributed by atoms with van der Waals surface area (Å²) in [6, 6.07) is 2.03. The van der Waals surface area contributed by atoms with Gasteiger partial charge in [0.2, 0.25) is 0 Å². The van der Waals surface area contributed by atoms with E-state index in [1.54, 1.807) is 18.4 Å². The molecule has 6 heteroatoms. The van der Waals surface area contributed by atoms with Gasteiger partial charge in [0.25, 0.3) is 0 Å². The number of aryl methyl sites for hydroxylation is 2. The Kier molecular flexibility index (Phi) is 5.07. The average molecular weight is 280 g/mol. The number of methoxy groups -OCH3 is 1. The van der Waals surface area contributed by atoms with E-state index in [1.165, 1.54) is 10.6 Å². The summed E-state index contributed by atoms with van der Waals surface area (Å²) >= 11 is 1.74. The first kappa shape index (κ1) is 14.2. The van der Waals surface area contributed by atoms with Crippen molar-refractivity contribution in [3.63, 3.8) is 0 Å². The third-order valence-electron chi connectivity index (χ3n) is 2.95. The Morgan fingerprint density at radius 2 is 2.26 bits per heavy atom. The second-order valence-electron chi connectivity index (χ2n) is 4.40. The third-order valence-corrected chi connectivity index (χ3v) is 4.01. The monoisotopic (exact) mass is 280 g/mol. The van der Waals surface area contributed by atoms with E-state index < -0.39 is 0 Å². The minimum atomic E-state index is 0.721. The van der Waals surface area contributed by atoms with E-state index >= 15 is 0 Å². The molecular formula is C13H20N4OS. The number of nitrogens with one attached hydrogen (secondary N) is 1. The lowest BCUT2D eigenvalue weighted by Gasteiger charge is -2.07.